The van der Waals surface area contributed by atoms with Gasteiger partial charge in [0.2, 0.25) is 5.91 Å². The molecule has 0 radical (unpaired) electrons. The zero-order valence-corrected chi connectivity index (χ0v) is 22.7. The van der Waals surface area contributed by atoms with Crippen molar-refractivity contribution in [3.05, 3.63) is 95.1 Å². The van der Waals surface area contributed by atoms with Gasteiger partial charge < -0.3 is 15.1 Å². The number of amides is 1. The molecule has 3 atom stereocenters. The molecule has 2 saturated heterocycles. The first-order valence-corrected chi connectivity index (χ1v) is 15.4. The number of aryl methyl sites for hydroxylation is 1. The fourth-order valence-electron chi connectivity index (χ4n) is 5.95. The molecule has 3 aromatic carbocycles. The summed E-state index contributed by atoms with van der Waals surface area (Å²) in [6.07, 6.45) is 1.64. The molecule has 3 unspecified atom stereocenters. The molecule has 1 saturated carbocycles. The molecule has 3 aliphatic rings. The Morgan fingerprint density at radius 1 is 0.921 bits per heavy atom. The first-order chi connectivity index (χ1) is 18.3. The number of anilines is 2. The van der Waals surface area contributed by atoms with Crippen molar-refractivity contribution in [1.29, 1.82) is 0 Å². The summed E-state index contributed by atoms with van der Waals surface area (Å²) < 4.78 is 23.5. The second kappa shape index (κ2) is 10.1. The number of nitrogens with one attached hydrogen (secondary N) is 1. The molecule has 1 amide bonds. The number of benzene rings is 3. The number of carbonyl (C=O) groups excluding carboxylic acids is 1. The number of hydrogen-bond acceptors (Lipinski definition) is 5. The molecule has 2 heterocycles. The SMILES string of the molecule is Cc1ccc(C(NC(=O)Cc2ccc(N3CCS(=O)(=O)CC3)cc2)c2ccccc2)c(N2CC3CC3C2)c1. The predicted molar refractivity (Wildman–Crippen MR) is 152 cm³/mol. The average molecular weight is 530 g/mol. The first-order valence-electron chi connectivity index (χ1n) is 13.6. The number of nitrogens with zero attached hydrogens (tertiary/aromatic N) is 2. The van der Waals surface area contributed by atoms with E-state index in [1.807, 2.05) is 42.5 Å². The van der Waals surface area contributed by atoms with Gasteiger partial charge in [0.25, 0.3) is 0 Å². The van der Waals surface area contributed by atoms with Gasteiger partial charge >= 0.3 is 0 Å². The van der Waals surface area contributed by atoms with Gasteiger partial charge in [0.15, 0.2) is 9.84 Å². The van der Waals surface area contributed by atoms with Crippen molar-refractivity contribution < 1.29 is 13.2 Å². The van der Waals surface area contributed by atoms with E-state index in [9.17, 15) is 13.2 Å². The van der Waals surface area contributed by atoms with Crippen LogP contribution in [0.15, 0.2) is 72.8 Å². The van der Waals surface area contributed by atoms with E-state index in [1.54, 1.807) is 0 Å². The van der Waals surface area contributed by atoms with Crippen LogP contribution in [0.1, 0.15) is 34.7 Å². The van der Waals surface area contributed by atoms with Gasteiger partial charge in [0.1, 0.15) is 0 Å². The van der Waals surface area contributed by atoms with Crippen LogP contribution in [0.4, 0.5) is 11.4 Å². The fourth-order valence-corrected chi connectivity index (χ4v) is 7.15. The number of fused-ring (bicyclic) bond motifs is 1. The van der Waals surface area contributed by atoms with Crippen LogP contribution in [0, 0.1) is 18.8 Å². The van der Waals surface area contributed by atoms with Gasteiger partial charge in [-0.25, -0.2) is 8.42 Å². The van der Waals surface area contributed by atoms with E-state index in [-0.39, 0.29) is 29.9 Å². The van der Waals surface area contributed by atoms with Gasteiger partial charge in [-0.05, 0) is 60.1 Å². The summed E-state index contributed by atoms with van der Waals surface area (Å²) in [5.41, 5.74) is 6.62. The molecule has 6 nitrogen and oxygen atoms in total. The fraction of sp³-hybridized carbons (Fsp3) is 0.387. The molecule has 0 spiro atoms. The lowest BCUT2D eigenvalue weighted by molar-refractivity contribution is -0.120. The maximum Gasteiger partial charge on any atom is 0.225 e. The number of carbonyl (C=O) groups is 1. The third-order valence-electron chi connectivity index (χ3n) is 8.27. The van der Waals surface area contributed by atoms with E-state index >= 15 is 0 Å². The van der Waals surface area contributed by atoms with Crippen LogP contribution in [0.2, 0.25) is 0 Å². The molecular formula is C31H35N3O3S. The topological polar surface area (TPSA) is 69.7 Å². The second-order valence-corrected chi connectivity index (χ2v) is 13.4. The van der Waals surface area contributed by atoms with Crippen LogP contribution < -0.4 is 15.1 Å². The lowest BCUT2D eigenvalue weighted by Crippen LogP contribution is -2.40. The van der Waals surface area contributed by atoms with Crippen molar-refractivity contribution in [2.24, 2.45) is 11.8 Å². The summed E-state index contributed by atoms with van der Waals surface area (Å²) in [5, 5.41) is 3.35. The molecular weight excluding hydrogens is 494 g/mol. The number of piperidine rings is 1. The van der Waals surface area contributed by atoms with Crippen LogP contribution in [0.3, 0.4) is 0 Å². The van der Waals surface area contributed by atoms with Crippen LogP contribution in [-0.2, 0) is 21.1 Å². The number of rotatable bonds is 7. The molecule has 1 aliphatic carbocycles. The summed E-state index contributed by atoms with van der Waals surface area (Å²) >= 11 is 0. The van der Waals surface area contributed by atoms with E-state index in [4.69, 9.17) is 0 Å². The zero-order chi connectivity index (χ0) is 26.3. The third-order valence-corrected chi connectivity index (χ3v) is 9.87. The molecule has 3 fully saturated rings. The van der Waals surface area contributed by atoms with E-state index in [0.717, 1.165) is 47.3 Å². The highest BCUT2D eigenvalue weighted by atomic mass is 32.2. The smallest absolute Gasteiger partial charge is 0.225 e. The zero-order valence-electron chi connectivity index (χ0n) is 21.8. The summed E-state index contributed by atoms with van der Waals surface area (Å²) in [7, 11) is -2.91. The van der Waals surface area contributed by atoms with Crippen molar-refractivity contribution in [1.82, 2.24) is 5.32 Å². The largest absolute Gasteiger partial charge is 0.371 e. The second-order valence-electron chi connectivity index (χ2n) is 11.1. The van der Waals surface area contributed by atoms with Gasteiger partial charge in [-0.1, -0.05) is 54.6 Å². The lowest BCUT2D eigenvalue weighted by Gasteiger charge is -2.29. The maximum absolute atomic E-state index is 13.4. The van der Waals surface area contributed by atoms with Gasteiger partial charge in [-0.2, -0.15) is 0 Å². The van der Waals surface area contributed by atoms with Crippen LogP contribution in [0.5, 0.6) is 0 Å². The van der Waals surface area contributed by atoms with Gasteiger partial charge in [0.05, 0.1) is 24.0 Å². The standard InChI is InChI=1S/C31H35N3O3S/c1-22-7-12-28(29(17-22)34-20-25-19-26(25)21-34)31(24-5-3-2-4-6-24)32-30(35)18-23-8-10-27(11-9-23)33-13-15-38(36,37)16-14-33/h2-12,17,25-26,31H,13-16,18-21H2,1H3,(H,32,35). The van der Waals surface area contributed by atoms with Crippen molar-refractivity contribution in [2.45, 2.75) is 25.8 Å². The first kappa shape index (κ1) is 25.0. The molecule has 1 N–H and O–H groups in total. The Hall–Kier alpha value is -3.32. The van der Waals surface area contributed by atoms with E-state index in [1.165, 1.54) is 17.7 Å². The van der Waals surface area contributed by atoms with Crippen LogP contribution in [0.25, 0.3) is 0 Å². The summed E-state index contributed by atoms with van der Waals surface area (Å²) in [6, 6.07) is 24.5. The Bertz CT molecular complexity index is 1400. The molecule has 6 rings (SSSR count). The quantitative estimate of drug-likeness (QED) is 0.498. The molecule has 38 heavy (non-hydrogen) atoms. The van der Waals surface area contributed by atoms with Gasteiger partial charge in [-0.3, -0.25) is 4.79 Å². The Labute approximate surface area is 225 Å². The minimum Gasteiger partial charge on any atom is -0.371 e. The van der Waals surface area contributed by atoms with E-state index in [2.05, 4.69) is 52.4 Å². The third kappa shape index (κ3) is 5.44. The summed E-state index contributed by atoms with van der Waals surface area (Å²) in [4.78, 5) is 18.0. The van der Waals surface area contributed by atoms with Crippen LogP contribution in [-0.4, -0.2) is 52.0 Å². The summed E-state index contributed by atoms with van der Waals surface area (Å²) in [6.45, 7) is 5.36. The normalized spacial score (nSPS) is 22.6. The van der Waals surface area contributed by atoms with Crippen molar-refractivity contribution >= 4 is 27.1 Å². The Morgan fingerprint density at radius 2 is 1.61 bits per heavy atom. The number of hydrogen-bond donors (Lipinski definition) is 1. The molecule has 0 bridgehead atoms. The van der Waals surface area contributed by atoms with Crippen molar-refractivity contribution in [3.63, 3.8) is 0 Å². The Balaban J connectivity index is 1.20. The van der Waals surface area contributed by atoms with Crippen molar-refractivity contribution in [2.75, 3.05) is 47.5 Å². The minimum absolute atomic E-state index is 0.0218. The molecule has 7 heteroatoms. The highest BCUT2D eigenvalue weighted by Gasteiger charge is 2.45. The van der Waals surface area contributed by atoms with Crippen molar-refractivity contribution in [3.8, 4) is 0 Å². The summed E-state index contributed by atoms with van der Waals surface area (Å²) in [5.74, 6) is 2.01. The minimum atomic E-state index is -2.91. The molecule has 3 aromatic rings. The number of sulfone groups is 1. The van der Waals surface area contributed by atoms with Crippen LogP contribution >= 0.6 is 0 Å². The Kier molecular flexibility index (Phi) is 6.64. The van der Waals surface area contributed by atoms with E-state index in [0.29, 0.717) is 13.1 Å². The van der Waals surface area contributed by atoms with E-state index < -0.39 is 9.84 Å². The monoisotopic (exact) mass is 529 g/mol. The Morgan fingerprint density at radius 3 is 2.29 bits per heavy atom. The van der Waals surface area contributed by atoms with Gasteiger partial charge in [-0.15, -0.1) is 0 Å². The predicted octanol–water partition coefficient (Wildman–Crippen LogP) is 4.13. The highest BCUT2D eigenvalue weighted by Crippen LogP contribution is 2.47. The lowest BCUT2D eigenvalue weighted by atomic mass is 9.95. The highest BCUT2D eigenvalue weighted by molar-refractivity contribution is 7.91. The molecule has 0 aromatic heterocycles. The molecule has 198 valence electrons. The average Bonchev–Trinajstić information content (AvgIpc) is 3.53. The maximum atomic E-state index is 13.4. The molecule has 2 aliphatic heterocycles. The van der Waals surface area contributed by atoms with Gasteiger partial charge in [0, 0.05) is 43.1 Å².